The van der Waals surface area contributed by atoms with Crippen LogP contribution in [-0.4, -0.2) is 26.7 Å². The van der Waals surface area contributed by atoms with E-state index in [2.05, 4.69) is 50.4 Å². The van der Waals surface area contributed by atoms with Crippen molar-refractivity contribution in [3.63, 3.8) is 0 Å². The van der Waals surface area contributed by atoms with Crippen molar-refractivity contribution < 1.29 is 18.4 Å². The van der Waals surface area contributed by atoms with Crippen molar-refractivity contribution in [1.82, 2.24) is 0 Å². The third kappa shape index (κ3) is 8.71. The zero-order valence-electron chi connectivity index (χ0n) is 28.1. The molecule has 0 aliphatic carbocycles. The zero-order chi connectivity index (χ0) is 35.6. The van der Waals surface area contributed by atoms with Crippen molar-refractivity contribution >= 4 is 67.5 Å². The molecule has 0 aliphatic heterocycles. The van der Waals surface area contributed by atoms with Crippen LogP contribution in [0.4, 0.5) is 17.1 Å². The van der Waals surface area contributed by atoms with Crippen LogP contribution in [0, 0.1) is 0 Å². The second-order valence-corrected chi connectivity index (χ2v) is 12.5. The zero-order valence-corrected chi connectivity index (χ0v) is 29.7. The molecule has 6 nitrogen and oxygen atoms in total. The molecule has 1 N–H and O–H groups in total. The number of halogens is 1. The summed E-state index contributed by atoms with van der Waals surface area (Å²) in [4.78, 5) is 23.8. The largest absolute Gasteiger partial charge is 0.456 e. The van der Waals surface area contributed by atoms with Gasteiger partial charge in [0.15, 0.2) is 0 Å². The van der Waals surface area contributed by atoms with Crippen molar-refractivity contribution in [3.8, 4) is 22.6 Å². The third-order valence-corrected chi connectivity index (χ3v) is 8.76. The van der Waals surface area contributed by atoms with Crippen molar-refractivity contribution in [2.75, 3.05) is 24.3 Å². The number of anilines is 3. The lowest BCUT2D eigenvalue weighted by atomic mass is 10.1. The number of carbonyl (C=O) groups is 2. The van der Waals surface area contributed by atoms with Gasteiger partial charge in [0.05, 0.1) is 0 Å². The van der Waals surface area contributed by atoms with Crippen LogP contribution < -0.4 is 10.2 Å². The third-order valence-electron chi connectivity index (χ3n) is 8.23. The fraction of sp³-hybridized carbons (Fsp3) is 0.0455. The van der Waals surface area contributed by atoms with E-state index < -0.39 is 0 Å². The molecule has 0 fully saturated rings. The highest BCUT2D eigenvalue weighted by molar-refractivity contribution is 9.10. The van der Waals surface area contributed by atoms with E-state index in [1.807, 2.05) is 123 Å². The number of rotatable bonds is 7. The molecule has 2 heterocycles. The first-order valence-electron chi connectivity index (χ1n) is 16.3. The van der Waals surface area contributed by atoms with Gasteiger partial charge in [-0.15, -0.1) is 0 Å². The Morgan fingerprint density at radius 2 is 1.00 bits per heavy atom. The monoisotopic (exact) mass is 734 g/mol. The van der Waals surface area contributed by atoms with Crippen molar-refractivity contribution in [2.24, 2.45) is 0 Å². The summed E-state index contributed by atoms with van der Waals surface area (Å²) in [5.74, 6) is 1.60. The maximum absolute atomic E-state index is 10.9. The molecule has 6 aromatic carbocycles. The van der Waals surface area contributed by atoms with Gasteiger partial charge in [-0.05, 0) is 84.9 Å². The number of nitrogens with zero attached hydrogens (tertiary/aromatic N) is 1. The van der Waals surface area contributed by atoms with Crippen LogP contribution in [0.1, 0.15) is 20.7 Å². The normalized spacial score (nSPS) is 10.4. The molecule has 0 radical (unpaired) electrons. The van der Waals surface area contributed by atoms with E-state index in [0.717, 1.165) is 78.7 Å². The first-order valence-corrected chi connectivity index (χ1v) is 17.1. The number of carbonyl (C=O) groups excluding carboxylic acids is 2. The van der Waals surface area contributed by atoms with Crippen LogP contribution in [-0.2, 0) is 0 Å². The molecule has 252 valence electrons. The summed E-state index contributed by atoms with van der Waals surface area (Å²) in [7, 11) is 3.96. The van der Waals surface area contributed by atoms with Crippen LogP contribution in [0.3, 0.4) is 0 Å². The number of para-hydroxylation sites is 2. The number of hydrogen-bond donors (Lipinski definition) is 1. The summed E-state index contributed by atoms with van der Waals surface area (Å²) in [6.07, 6.45) is 1.65. The van der Waals surface area contributed by atoms with Crippen LogP contribution in [0.5, 0.6) is 0 Å². The molecule has 0 saturated heterocycles. The van der Waals surface area contributed by atoms with Gasteiger partial charge in [0, 0.05) is 68.7 Å². The van der Waals surface area contributed by atoms with Gasteiger partial charge in [-0.1, -0.05) is 88.7 Å². The fourth-order valence-electron chi connectivity index (χ4n) is 5.40. The first-order chi connectivity index (χ1) is 24.9. The van der Waals surface area contributed by atoms with Crippen LogP contribution >= 0.6 is 15.9 Å². The Morgan fingerprint density at radius 3 is 1.45 bits per heavy atom. The molecule has 51 heavy (non-hydrogen) atoms. The Balaban J connectivity index is 0.000000150. The van der Waals surface area contributed by atoms with E-state index >= 15 is 0 Å². The molecule has 2 aromatic heterocycles. The molecular formula is C44H35BrN2O4. The molecule has 0 spiro atoms. The van der Waals surface area contributed by atoms with Gasteiger partial charge < -0.3 is 19.1 Å². The fourth-order valence-corrected chi connectivity index (χ4v) is 5.66. The van der Waals surface area contributed by atoms with E-state index in [1.165, 1.54) is 0 Å². The Hall–Kier alpha value is -6.18. The maximum atomic E-state index is 10.9. The highest BCUT2D eigenvalue weighted by Gasteiger charge is 2.09. The highest BCUT2D eigenvalue weighted by Crippen LogP contribution is 2.32. The van der Waals surface area contributed by atoms with Gasteiger partial charge in [0.2, 0.25) is 0 Å². The lowest BCUT2D eigenvalue weighted by Crippen LogP contribution is -2.08. The van der Waals surface area contributed by atoms with E-state index in [0.29, 0.717) is 11.1 Å². The summed E-state index contributed by atoms with van der Waals surface area (Å²) in [6, 6.07) is 51.4. The van der Waals surface area contributed by atoms with Crippen LogP contribution in [0.15, 0.2) is 171 Å². The Bertz CT molecular complexity index is 2350. The average molecular weight is 736 g/mol. The second-order valence-electron chi connectivity index (χ2n) is 11.6. The highest BCUT2D eigenvalue weighted by atomic mass is 79.9. The van der Waals surface area contributed by atoms with Gasteiger partial charge in [0.1, 0.15) is 35.3 Å². The molecule has 8 aromatic rings. The van der Waals surface area contributed by atoms with Crippen molar-refractivity contribution in [3.05, 3.63) is 173 Å². The summed E-state index contributed by atoms with van der Waals surface area (Å²) >= 11 is 3.40. The maximum Gasteiger partial charge on any atom is 0.150 e. The number of nitrogens with one attached hydrogen (secondary N) is 1. The molecule has 0 aliphatic rings. The minimum absolute atomic E-state index is 0.619. The van der Waals surface area contributed by atoms with Crippen molar-refractivity contribution in [1.29, 1.82) is 0 Å². The molecule has 0 bridgehead atoms. The Labute approximate surface area is 305 Å². The lowest BCUT2D eigenvalue weighted by Gasteiger charge is -2.19. The standard InChI is InChI=1S/C22H17NO2.C15H9BrO2.C7H9N/c1-23(19-5-3-2-4-6-19)20-11-9-17(10-12-20)22-14-18-8-7-16(15-24)13-21(18)25-22;16-13-5-3-11(4-6-13)15-8-12-2-1-10(9-17)7-14(12)18-15;1-8-7-5-3-2-4-6-7/h2-15H,1H3;1-9H;2-6,8H,1H3. The molecule has 0 atom stereocenters. The number of furan rings is 2. The minimum Gasteiger partial charge on any atom is -0.456 e. The molecule has 8 rings (SSSR count). The molecule has 0 saturated carbocycles. The van der Waals surface area contributed by atoms with Gasteiger partial charge in [0.25, 0.3) is 0 Å². The quantitative estimate of drug-likeness (QED) is 0.164. The summed E-state index contributed by atoms with van der Waals surface area (Å²) < 4.78 is 12.7. The van der Waals surface area contributed by atoms with Gasteiger partial charge >= 0.3 is 0 Å². The van der Waals surface area contributed by atoms with Gasteiger partial charge in [-0.2, -0.15) is 0 Å². The predicted octanol–water partition coefficient (Wildman–Crippen LogP) is 12.1. The number of benzene rings is 6. The van der Waals surface area contributed by atoms with E-state index in [1.54, 1.807) is 24.3 Å². The minimum atomic E-state index is 0.619. The number of hydrogen-bond acceptors (Lipinski definition) is 6. The van der Waals surface area contributed by atoms with Crippen LogP contribution in [0.25, 0.3) is 44.6 Å². The topological polar surface area (TPSA) is 75.7 Å². The summed E-state index contributed by atoms with van der Waals surface area (Å²) in [5, 5.41) is 5.02. The van der Waals surface area contributed by atoms with Crippen LogP contribution in [0.2, 0.25) is 0 Å². The SMILES string of the molecule is CN(c1ccccc1)c1ccc(-c2cc3ccc(C=O)cc3o2)cc1.CNc1ccccc1.O=Cc1ccc2cc(-c3ccc(Br)cc3)oc2c1. The Kier molecular flexibility index (Phi) is 11.2. The molecular weight excluding hydrogens is 700 g/mol. The average Bonchev–Trinajstić information content (AvgIpc) is 3.83. The van der Waals surface area contributed by atoms with Gasteiger partial charge in [-0.25, -0.2) is 0 Å². The smallest absolute Gasteiger partial charge is 0.150 e. The number of fused-ring (bicyclic) bond motifs is 2. The Morgan fingerprint density at radius 1 is 0.549 bits per heavy atom. The molecule has 0 unspecified atom stereocenters. The number of aldehydes is 2. The van der Waals surface area contributed by atoms with E-state index in [9.17, 15) is 9.59 Å². The summed E-state index contributed by atoms with van der Waals surface area (Å²) in [5.41, 5.74) is 8.13. The van der Waals surface area contributed by atoms with Gasteiger partial charge in [-0.3, -0.25) is 9.59 Å². The second kappa shape index (κ2) is 16.5. The predicted molar refractivity (Wildman–Crippen MR) is 212 cm³/mol. The summed E-state index contributed by atoms with van der Waals surface area (Å²) in [6.45, 7) is 0. The van der Waals surface area contributed by atoms with E-state index in [4.69, 9.17) is 8.83 Å². The first kappa shape index (κ1) is 34.7. The van der Waals surface area contributed by atoms with Crippen molar-refractivity contribution in [2.45, 2.75) is 0 Å². The molecule has 0 amide bonds. The molecule has 7 heteroatoms. The lowest BCUT2D eigenvalue weighted by molar-refractivity contribution is 0.111. The van der Waals surface area contributed by atoms with E-state index in [-0.39, 0.29) is 0 Å².